The molecule has 0 atom stereocenters. The van der Waals surface area contributed by atoms with E-state index in [4.69, 9.17) is 0 Å². The van der Waals surface area contributed by atoms with Crippen molar-refractivity contribution in [2.45, 2.75) is 19.8 Å². The number of fused-ring (bicyclic) bond motifs is 1. The molecule has 0 aliphatic heterocycles. The molecule has 0 radical (unpaired) electrons. The largest absolute Gasteiger partial charge is 0.294 e. The van der Waals surface area contributed by atoms with Crippen LogP contribution >= 0.6 is 15.9 Å². The van der Waals surface area contributed by atoms with E-state index in [0.29, 0.717) is 12.0 Å². The number of aryl methyl sites for hydroxylation is 2. The van der Waals surface area contributed by atoms with Gasteiger partial charge in [0.2, 0.25) is 0 Å². The Balaban J connectivity index is 1.95. The van der Waals surface area contributed by atoms with E-state index in [0.717, 1.165) is 27.8 Å². The van der Waals surface area contributed by atoms with Gasteiger partial charge < -0.3 is 0 Å². The lowest BCUT2D eigenvalue weighted by Gasteiger charge is -2.02. The summed E-state index contributed by atoms with van der Waals surface area (Å²) in [6, 6.07) is 5.69. The zero-order valence-corrected chi connectivity index (χ0v) is 13.5. The molecule has 108 valence electrons. The maximum Gasteiger partial charge on any atom is 0.172 e. The number of pyridine rings is 1. The Morgan fingerprint density at radius 1 is 1.38 bits per heavy atom. The molecule has 5 nitrogen and oxygen atoms in total. The van der Waals surface area contributed by atoms with Crippen molar-refractivity contribution in [2.75, 3.05) is 0 Å². The minimum Gasteiger partial charge on any atom is -0.294 e. The maximum absolute atomic E-state index is 12.6. The van der Waals surface area contributed by atoms with E-state index in [2.05, 4.69) is 26.1 Å². The monoisotopic (exact) mass is 346 g/mol. The zero-order chi connectivity index (χ0) is 15.0. The van der Waals surface area contributed by atoms with Crippen LogP contribution in [0.4, 0.5) is 0 Å². The van der Waals surface area contributed by atoms with Crippen LogP contribution in [-0.4, -0.2) is 25.2 Å². The van der Waals surface area contributed by atoms with E-state index in [1.54, 1.807) is 15.4 Å². The smallest absolute Gasteiger partial charge is 0.172 e. The molecule has 0 aliphatic carbocycles. The summed E-state index contributed by atoms with van der Waals surface area (Å²) in [5.41, 5.74) is 3.34. The Morgan fingerprint density at radius 3 is 2.90 bits per heavy atom. The van der Waals surface area contributed by atoms with Crippen LogP contribution in [0.25, 0.3) is 5.52 Å². The van der Waals surface area contributed by atoms with Gasteiger partial charge in [-0.1, -0.05) is 13.0 Å². The van der Waals surface area contributed by atoms with Crippen molar-refractivity contribution < 1.29 is 4.79 Å². The molecule has 3 rings (SSSR count). The fourth-order valence-electron chi connectivity index (χ4n) is 2.41. The van der Waals surface area contributed by atoms with Gasteiger partial charge in [-0.3, -0.25) is 9.48 Å². The summed E-state index contributed by atoms with van der Waals surface area (Å²) in [6.07, 6.45) is 4.60. The van der Waals surface area contributed by atoms with Gasteiger partial charge in [-0.25, -0.2) is 4.52 Å². The quantitative estimate of drug-likeness (QED) is 0.682. The van der Waals surface area contributed by atoms with Gasteiger partial charge in [0.25, 0.3) is 0 Å². The lowest BCUT2D eigenvalue weighted by molar-refractivity contribution is 0.0992. The van der Waals surface area contributed by atoms with Gasteiger partial charge in [-0.15, -0.1) is 0 Å². The van der Waals surface area contributed by atoms with Gasteiger partial charge in [-0.2, -0.15) is 10.2 Å². The molecule has 0 bridgehead atoms. The number of ketones is 1. The van der Waals surface area contributed by atoms with Crippen molar-refractivity contribution in [3.8, 4) is 0 Å². The third kappa shape index (κ3) is 2.40. The van der Waals surface area contributed by atoms with Gasteiger partial charge in [0.15, 0.2) is 5.78 Å². The first-order valence-corrected chi connectivity index (χ1v) is 7.57. The number of Topliss-reactive ketones (excluding diaryl/α,β-unsaturated/α-hetero) is 1. The fraction of sp³-hybridized carbons (Fsp3) is 0.267. The summed E-state index contributed by atoms with van der Waals surface area (Å²) < 4.78 is 4.41. The first-order valence-electron chi connectivity index (χ1n) is 6.77. The SMILES string of the molecule is CCc1nn(C)c(CC(=O)c2cnn3ccccc23)c1Br. The minimum atomic E-state index is 0.0440. The Labute approximate surface area is 130 Å². The van der Waals surface area contributed by atoms with E-state index in [1.807, 2.05) is 38.4 Å². The van der Waals surface area contributed by atoms with Gasteiger partial charge >= 0.3 is 0 Å². The van der Waals surface area contributed by atoms with Crippen molar-refractivity contribution in [3.05, 3.63) is 52.0 Å². The molecule has 3 aromatic rings. The second-order valence-corrected chi connectivity index (χ2v) is 5.67. The number of halogens is 1. The number of aromatic nitrogens is 4. The molecule has 3 aromatic heterocycles. The molecule has 3 heterocycles. The topological polar surface area (TPSA) is 52.2 Å². The average Bonchev–Trinajstić information content (AvgIpc) is 3.03. The van der Waals surface area contributed by atoms with Crippen molar-refractivity contribution in [2.24, 2.45) is 7.05 Å². The molecule has 0 saturated carbocycles. The lowest BCUT2D eigenvalue weighted by Crippen LogP contribution is -2.08. The van der Waals surface area contributed by atoms with Gasteiger partial charge in [0, 0.05) is 13.2 Å². The van der Waals surface area contributed by atoms with Crippen molar-refractivity contribution in [1.82, 2.24) is 19.4 Å². The molecule has 21 heavy (non-hydrogen) atoms. The molecule has 0 amide bonds. The van der Waals surface area contributed by atoms with E-state index in [-0.39, 0.29) is 5.78 Å². The molecular weight excluding hydrogens is 332 g/mol. The van der Waals surface area contributed by atoms with Crippen LogP contribution in [0.1, 0.15) is 28.7 Å². The van der Waals surface area contributed by atoms with Crippen LogP contribution in [0.2, 0.25) is 0 Å². The van der Waals surface area contributed by atoms with E-state index < -0.39 is 0 Å². The van der Waals surface area contributed by atoms with Crippen LogP contribution in [-0.2, 0) is 19.9 Å². The molecule has 0 aromatic carbocycles. The summed E-state index contributed by atoms with van der Waals surface area (Å²) in [7, 11) is 1.86. The number of rotatable bonds is 4. The maximum atomic E-state index is 12.6. The molecule has 0 aliphatic rings. The molecule has 0 spiro atoms. The number of nitrogens with zero attached hydrogens (tertiary/aromatic N) is 4. The number of hydrogen-bond acceptors (Lipinski definition) is 3. The molecule has 0 saturated heterocycles. The van der Waals surface area contributed by atoms with Crippen LogP contribution in [0.5, 0.6) is 0 Å². The summed E-state index contributed by atoms with van der Waals surface area (Å²) in [5.74, 6) is 0.0440. The predicted molar refractivity (Wildman–Crippen MR) is 83.5 cm³/mol. The standard InChI is InChI=1S/C15H15BrN4O/c1-3-11-15(16)13(19(2)18-11)8-14(21)10-9-17-20-7-5-4-6-12(10)20/h4-7,9H,3,8H2,1-2H3. The van der Waals surface area contributed by atoms with E-state index in [9.17, 15) is 4.79 Å². The highest BCUT2D eigenvalue weighted by Gasteiger charge is 2.19. The molecule has 6 heteroatoms. The van der Waals surface area contributed by atoms with Crippen molar-refractivity contribution in [1.29, 1.82) is 0 Å². The predicted octanol–water partition coefficient (Wildman–Crippen LogP) is 2.82. The van der Waals surface area contributed by atoms with Gasteiger partial charge in [-0.05, 0) is 34.5 Å². The minimum absolute atomic E-state index is 0.0440. The van der Waals surface area contributed by atoms with E-state index in [1.165, 1.54) is 0 Å². The van der Waals surface area contributed by atoms with Crippen molar-refractivity contribution in [3.63, 3.8) is 0 Å². The van der Waals surface area contributed by atoms with E-state index >= 15 is 0 Å². The van der Waals surface area contributed by atoms with Gasteiger partial charge in [0.05, 0.1) is 39.6 Å². The third-order valence-electron chi connectivity index (χ3n) is 3.56. The number of hydrogen-bond donors (Lipinski definition) is 0. The molecule has 0 fully saturated rings. The van der Waals surface area contributed by atoms with Crippen molar-refractivity contribution >= 4 is 27.2 Å². The molecule has 0 unspecified atom stereocenters. The summed E-state index contributed by atoms with van der Waals surface area (Å²) in [6.45, 7) is 2.05. The highest BCUT2D eigenvalue weighted by atomic mass is 79.9. The summed E-state index contributed by atoms with van der Waals surface area (Å²) >= 11 is 3.55. The Morgan fingerprint density at radius 2 is 2.19 bits per heavy atom. The Bertz CT molecular complexity index is 818. The lowest BCUT2D eigenvalue weighted by atomic mass is 10.1. The highest BCUT2D eigenvalue weighted by Crippen LogP contribution is 2.23. The highest BCUT2D eigenvalue weighted by molar-refractivity contribution is 9.10. The number of carbonyl (C=O) groups is 1. The van der Waals surface area contributed by atoms with Crippen LogP contribution in [0.3, 0.4) is 0 Å². The van der Waals surface area contributed by atoms with Crippen LogP contribution in [0.15, 0.2) is 35.1 Å². The fourth-order valence-corrected chi connectivity index (χ4v) is 3.17. The number of carbonyl (C=O) groups excluding carboxylic acids is 1. The molecule has 0 N–H and O–H groups in total. The second-order valence-electron chi connectivity index (χ2n) is 4.87. The Kier molecular flexibility index (Phi) is 3.63. The zero-order valence-electron chi connectivity index (χ0n) is 11.9. The normalized spacial score (nSPS) is 11.2. The second kappa shape index (κ2) is 5.44. The first-order chi connectivity index (χ1) is 10.1. The molecular formula is C15H15BrN4O. The van der Waals surface area contributed by atoms with Gasteiger partial charge in [0.1, 0.15) is 0 Å². The third-order valence-corrected chi connectivity index (χ3v) is 4.47. The average molecular weight is 347 g/mol. The summed E-state index contributed by atoms with van der Waals surface area (Å²) in [4.78, 5) is 12.6. The van der Waals surface area contributed by atoms with Crippen LogP contribution in [0, 0.1) is 0 Å². The summed E-state index contributed by atoms with van der Waals surface area (Å²) in [5, 5.41) is 8.63. The first kappa shape index (κ1) is 14.0. The Hall–Kier alpha value is -1.95. The van der Waals surface area contributed by atoms with Crippen LogP contribution < -0.4 is 0 Å².